The fraction of sp³-hybridized carbons (Fsp3) is 0.824. The van der Waals surface area contributed by atoms with Gasteiger partial charge in [-0.1, -0.05) is 13.8 Å². The second-order valence-corrected chi connectivity index (χ2v) is 15.9. The van der Waals surface area contributed by atoms with Crippen molar-refractivity contribution >= 4 is 35.3 Å². The summed E-state index contributed by atoms with van der Waals surface area (Å²) in [4.78, 5) is 82.4. The monoisotopic (exact) mass is 708 g/mol. The maximum Gasteiger partial charge on any atom is 0.340 e. The highest BCUT2D eigenvalue weighted by atomic mass is 16.8. The summed E-state index contributed by atoms with van der Waals surface area (Å²) in [5, 5.41) is 60.8. The third-order valence-electron chi connectivity index (χ3n) is 13.8. The molecule has 19 atom stereocenters. The molecule has 5 N–H and O–H groups in total. The summed E-state index contributed by atoms with van der Waals surface area (Å²) in [7, 11) is 0. The van der Waals surface area contributed by atoms with Crippen LogP contribution >= 0.6 is 0 Å². The van der Waals surface area contributed by atoms with Crippen LogP contribution in [0.5, 0.6) is 0 Å². The van der Waals surface area contributed by atoms with E-state index in [1.54, 1.807) is 6.92 Å². The summed E-state index contributed by atoms with van der Waals surface area (Å²) >= 11 is 0. The highest BCUT2D eigenvalue weighted by molar-refractivity contribution is 5.98. The first-order valence-electron chi connectivity index (χ1n) is 17.1. The molecule has 7 rings (SSSR count). The molecule has 0 spiro atoms. The van der Waals surface area contributed by atoms with Gasteiger partial charge in [-0.3, -0.25) is 24.0 Å². The molecule has 0 amide bonds. The maximum atomic E-state index is 14.6. The number of carbonyl (C=O) groups excluding carboxylic acids is 6. The molecule has 0 aromatic heterocycles. The van der Waals surface area contributed by atoms with Gasteiger partial charge in [0.1, 0.15) is 42.1 Å². The van der Waals surface area contributed by atoms with Crippen LogP contribution in [0.3, 0.4) is 0 Å². The minimum atomic E-state index is -3.42. The van der Waals surface area contributed by atoms with Crippen molar-refractivity contribution in [3.8, 4) is 0 Å². The van der Waals surface area contributed by atoms with Crippen LogP contribution in [0.1, 0.15) is 54.9 Å². The van der Waals surface area contributed by atoms with Crippen molar-refractivity contribution in [1.82, 2.24) is 0 Å². The number of fused-ring (bicyclic) bond motifs is 9. The zero-order valence-corrected chi connectivity index (χ0v) is 28.7. The number of ketones is 3. The van der Waals surface area contributed by atoms with E-state index in [0.717, 1.165) is 27.7 Å². The standard InChI is InChI=1S/C34H44O16/c1-9-18-17(10(2)31(7,43)30(42)50-29-22(9)49-29)24(46-13(5)37)20-19-21(25(47-14(6)38)28(41)33(18,20)12(4)36)32(11(3)35)15(26(39)34(19,44)45)8-16-23(48-16)27(32)40/h9-10,15-25,27-29,40-41,43-45H,8H2,1-7H3. The van der Waals surface area contributed by atoms with Gasteiger partial charge < -0.3 is 49.2 Å². The third kappa shape index (κ3) is 4.17. The number of Topliss-reactive ketones (excluding diaryl/α,β-unsaturated/α-hetero) is 3. The Labute approximate surface area is 286 Å². The molecule has 0 aromatic rings. The van der Waals surface area contributed by atoms with Gasteiger partial charge in [-0.15, -0.1) is 0 Å². The number of carbonyl (C=O) groups is 6. The smallest absolute Gasteiger partial charge is 0.340 e. The van der Waals surface area contributed by atoms with Crippen LogP contribution in [0.25, 0.3) is 0 Å². The van der Waals surface area contributed by atoms with E-state index in [1.165, 1.54) is 13.8 Å². The van der Waals surface area contributed by atoms with E-state index in [9.17, 15) is 54.3 Å². The van der Waals surface area contributed by atoms with Gasteiger partial charge in [-0.2, -0.15) is 0 Å². The van der Waals surface area contributed by atoms with E-state index in [1.807, 2.05) is 0 Å². The summed E-state index contributed by atoms with van der Waals surface area (Å²) < 4.78 is 28.5. The van der Waals surface area contributed by atoms with Crippen LogP contribution in [0.2, 0.25) is 0 Å². The van der Waals surface area contributed by atoms with Crippen molar-refractivity contribution in [2.24, 2.45) is 58.2 Å². The third-order valence-corrected chi connectivity index (χ3v) is 13.8. The molecule has 0 aromatic carbocycles. The molecule has 3 heterocycles. The average Bonchev–Trinajstić information content (AvgIpc) is 3.93. The average molecular weight is 709 g/mol. The number of hydrogen-bond acceptors (Lipinski definition) is 16. The predicted molar refractivity (Wildman–Crippen MR) is 159 cm³/mol. The largest absolute Gasteiger partial charge is 0.462 e. The van der Waals surface area contributed by atoms with Crippen molar-refractivity contribution in [1.29, 1.82) is 0 Å². The Morgan fingerprint density at radius 3 is 1.88 bits per heavy atom. The zero-order chi connectivity index (χ0) is 36.9. The maximum absolute atomic E-state index is 14.6. The lowest BCUT2D eigenvalue weighted by atomic mass is 9.38. The number of hydrogen-bond donors (Lipinski definition) is 5. The molecule has 3 aliphatic heterocycles. The minimum absolute atomic E-state index is 0.199. The number of aliphatic hydroxyl groups is 5. The number of aliphatic hydroxyl groups excluding tert-OH is 2. The van der Waals surface area contributed by atoms with Gasteiger partial charge in [0.05, 0.1) is 23.0 Å². The molecule has 4 aliphatic carbocycles. The summed E-state index contributed by atoms with van der Waals surface area (Å²) in [5.41, 5.74) is -6.82. The van der Waals surface area contributed by atoms with Gasteiger partial charge in [0.2, 0.25) is 12.1 Å². The lowest BCUT2D eigenvalue weighted by Gasteiger charge is -2.65. The van der Waals surface area contributed by atoms with Crippen LogP contribution in [0.15, 0.2) is 0 Å². The van der Waals surface area contributed by atoms with Gasteiger partial charge in [0.15, 0.2) is 11.4 Å². The Morgan fingerprint density at radius 1 is 0.760 bits per heavy atom. The summed E-state index contributed by atoms with van der Waals surface area (Å²) in [6, 6.07) is 0. The van der Waals surface area contributed by atoms with Crippen LogP contribution in [-0.2, 0) is 52.5 Å². The van der Waals surface area contributed by atoms with E-state index < -0.39 is 154 Å². The molecule has 19 unspecified atom stereocenters. The van der Waals surface area contributed by atoms with Crippen LogP contribution in [0, 0.1) is 58.2 Å². The molecule has 0 radical (unpaired) electrons. The molecular formula is C34H44O16. The van der Waals surface area contributed by atoms with E-state index in [2.05, 4.69) is 0 Å². The molecule has 16 nitrogen and oxygen atoms in total. The first-order valence-corrected chi connectivity index (χ1v) is 17.1. The number of epoxide rings is 2. The van der Waals surface area contributed by atoms with Crippen molar-refractivity contribution in [3.63, 3.8) is 0 Å². The normalized spacial score (nSPS) is 53.9. The summed E-state index contributed by atoms with van der Waals surface area (Å²) in [6.45, 7) is 8.55. The second kappa shape index (κ2) is 10.8. The number of rotatable bonds is 4. The quantitative estimate of drug-likeness (QED) is 0.0933. The van der Waals surface area contributed by atoms with E-state index in [4.69, 9.17) is 23.7 Å². The molecule has 7 fully saturated rings. The Morgan fingerprint density at radius 2 is 1.32 bits per heavy atom. The van der Waals surface area contributed by atoms with Crippen molar-refractivity contribution < 1.29 is 78.0 Å². The Kier molecular flexibility index (Phi) is 7.70. The SMILES string of the molecule is CC(=O)OC1C(O)C2(C(C)=O)C3C(C)C4OC4OC(=O)C(C)(O)C(C)C3C(OC(C)=O)C2C2C1C1(C(C)=O)C(CC3OC3C1O)C(=O)C2(O)O. The molecule has 7 aliphatic rings. The Hall–Kier alpha value is -2.86. The highest BCUT2D eigenvalue weighted by Gasteiger charge is 2.86. The fourth-order valence-electron chi connectivity index (χ4n) is 11.8. The van der Waals surface area contributed by atoms with Gasteiger partial charge >= 0.3 is 17.9 Å². The lowest BCUT2D eigenvalue weighted by molar-refractivity contribution is -0.316. The molecule has 4 saturated carbocycles. The topological polar surface area (TPSA) is 256 Å². The zero-order valence-electron chi connectivity index (χ0n) is 28.7. The summed E-state index contributed by atoms with van der Waals surface area (Å²) in [5.74, 6) is -20.8. The van der Waals surface area contributed by atoms with Crippen molar-refractivity contribution in [3.05, 3.63) is 0 Å². The molecule has 50 heavy (non-hydrogen) atoms. The first-order chi connectivity index (χ1) is 23.1. The van der Waals surface area contributed by atoms with E-state index >= 15 is 0 Å². The first kappa shape index (κ1) is 35.5. The Balaban J connectivity index is 1.58. The Bertz CT molecular complexity index is 1570. The number of esters is 3. The molecule has 276 valence electrons. The van der Waals surface area contributed by atoms with E-state index in [0.29, 0.717) is 0 Å². The summed E-state index contributed by atoms with van der Waals surface area (Å²) in [6.07, 6.45) is -11.3. The molecule has 0 bridgehead atoms. The minimum Gasteiger partial charge on any atom is -0.462 e. The van der Waals surface area contributed by atoms with E-state index in [-0.39, 0.29) is 6.42 Å². The van der Waals surface area contributed by atoms with Gasteiger partial charge in [-0.25, -0.2) is 4.79 Å². The van der Waals surface area contributed by atoms with Crippen molar-refractivity contribution in [2.75, 3.05) is 0 Å². The predicted octanol–water partition coefficient (Wildman–Crippen LogP) is -1.81. The molecular weight excluding hydrogens is 664 g/mol. The van der Waals surface area contributed by atoms with Gasteiger partial charge in [0.25, 0.3) is 0 Å². The lowest BCUT2D eigenvalue weighted by Crippen LogP contribution is -2.80. The molecule has 3 saturated heterocycles. The van der Waals surface area contributed by atoms with Gasteiger partial charge in [0, 0.05) is 49.4 Å². The number of ether oxygens (including phenoxy) is 5. The second-order valence-electron chi connectivity index (χ2n) is 15.9. The van der Waals surface area contributed by atoms with Crippen LogP contribution < -0.4 is 0 Å². The van der Waals surface area contributed by atoms with Gasteiger partial charge in [-0.05, 0) is 39.0 Å². The highest BCUT2D eigenvalue weighted by Crippen LogP contribution is 2.74. The van der Waals surface area contributed by atoms with Crippen LogP contribution in [-0.4, -0.2) is 121 Å². The van der Waals surface area contributed by atoms with Crippen molar-refractivity contribution in [2.45, 2.75) is 115 Å². The fourth-order valence-corrected chi connectivity index (χ4v) is 11.8. The molecule has 16 heteroatoms. The van der Waals surface area contributed by atoms with Crippen LogP contribution in [0.4, 0.5) is 0 Å².